The minimum atomic E-state index is -2.10. The molecular weight excluding hydrogens is 1030 g/mol. The van der Waals surface area contributed by atoms with E-state index in [2.05, 4.69) is 15.8 Å². The van der Waals surface area contributed by atoms with Crippen molar-refractivity contribution in [2.75, 3.05) is 44.1 Å². The quantitative estimate of drug-likeness (QED) is 0.0281. The summed E-state index contributed by atoms with van der Waals surface area (Å²) in [7, 11) is 2.74. The second kappa shape index (κ2) is 22.9. The number of phenolic OH excluding ortho intramolecular Hbond substituents is 3. The normalized spacial score (nSPS) is 28.7. The molecule has 2 fully saturated rings. The number of anilines is 2. The number of hydrazone groups is 1. The number of amides is 1. The van der Waals surface area contributed by atoms with Crippen LogP contribution in [0, 0.1) is 30.5 Å². The van der Waals surface area contributed by atoms with Gasteiger partial charge in [0.15, 0.2) is 17.3 Å². The number of aromatic carboxylic acids is 1. The lowest BCUT2D eigenvalue weighted by Crippen LogP contribution is -2.60. The molecule has 5 aliphatic rings. The highest BCUT2D eigenvalue weighted by molar-refractivity contribution is 6.23. The summed E-state index contributed by atoms with van der Waals surface area (Å²) >= 11 is 0. The van der Waals surface area contributed by atoms with Gasteiger partial charge in [0.05, 0.1) is 89.5 Å². The number of halogens is 1. The fourth-order valence-corrected chi connectivity index (χ4v) is 11.1. The first-order valence-corrected chi connectivity index (χ1v) is 26.3. The van der Waals surface area contributed by atoms with Crippen molar-refractivity contribution < 1.29 is 77.9 Å². The fourth-order valence-electron chi connectivity index (χ4n) is 11.1. The Morgan fingerprint density at radius 3 is 2.35 bits per heavy atom. The van der Waals surface area contributed by atoms with Crippen molar-refractivity contribution in [2.45, 2.75) is 134 Å². The maximum absolute atomic E-state index is 16.4. The number of nitrogens with two attached hydrogens (primary N) is 2. The number of Topliss-reactive ketones (excluding diaryl/α,β-unsaturated/α-hetero) is 1. The Balaban J connectivity index is 1.17. The standard InChI is InChI=1S/C55H70FN7O16/c1-23-11-9-12-24(2)53(72)60-40-31(20-59-61-28-13-10-17-62(21-28)42-33(56)19-30-41(51(42)76-8)63(29-14-15-29)22-32(45(30)67)54(73)74)46(68)35-36(47(40)69)44(66)26(4)49-37(35)52(71)55(6,79-49)77-18-16-34(75-7)25(3)50(78-27(5)64)39(58)48(70)38(57)43(23)65/h9,11,19-20,22-25,28-29,34,38-39,43,48,50,61,65-66,68-70H,10,12-18,21,57-58H2,1-8H3,(H,60,72)(H,73,74)/b11-9+,59-20+/t23-,24?,25+,28?,34-,38+,39+,43-,48+,50+,55-/m0/s1. The van der Waals surface area contributed by atoms with Gasteiger partial charge in [0.1, 0.15) is 34.6 Å². The highest BCUT2D eigenvalue weighted by Crippen LogP contribution is 2.55. The number of carboxylic acids is 1. The van der Waals surface area contributed by atoms with Crippen LogP contribution >= 0.6 is 0 Å². The maximum Gasteiger partial charge on any atom is 0.341 e. The predicted octanol–water partition coefficient (Wildman–Crippen LogP) is 4.18. The molecule has 1 saturated carbocycles. The first-order chi connectivity index (χ1) is 37.4. The molecule has 0 spiro atoms. The number of hydrogen-bond acceptors (Lipinski definition) is 20. The van der Waals surface area contributed by atoms with Crippen LogP contribution in [0.2, 0.25) is 0 Å². The highest BCUT2D eigenvalue weighted by Gasteiger charge is 2.50. The van der Waals surface area contributed by atoms with Crippen molar-refractivity contribution in [1.82, 2.24) is 9.99 Å². The molecule has 1 saturated heterocycles. The summed E-state index contributed by atoms with van der Waals surface area (Å²) in [4.78, 5) is 68.4. The largest absolute Gasteiger partial charge is 0.507 e. The summed E-state index contributed by atoms with van der Waals surface area (Å²) in [6.07, 6.45) is 3.16. The van der Waals surface area contributed by atoms with E-state index in [1.807, 2.05) is 0 Å². The van der Waals surface area contributed by atoms with Gasteiger partial charge in [0.2, 0.25) is 17.1 Å². The van der Waals surface area contributed by atoms with E-state index in [0.717, 1.165) is 25.1 Å². The molecule has 0 radical (unpaired) electrons. The van der Waals surface area contributed by atoms with Gasteiger partial charge >= 0.3 is 11.9 Å². The zero-order valence-electron chi connectivity index (χ0n) is 45.2. The van der Waals surface area contributed by atoms with Crippen LogP contribution in [-0.4, -0.2) is 147 Å². The van der Waals surface area contributed by atoms with Crippen molar-refractivity contribution >= 4 is 62.9 Å². The number of esters is 1. The number of nitrogens with one attached hydrogen (secondary N) is 2. The first kappa shape index (κ1) is 58.1. The molecule has 428 valence electrons. The van der Waals surface area contributed by atoms with Crippen molar-refractivity contribution in [1.29, 1.82) is 0 Å². The van der Waals surface area contributed by atoms with Gasteiger partial charge in [-0.3, -0.25) is 19.2 Å². The SMILES string of the molecule is COc1c(N2CCCC(N/N=C/c3c4c(O)c5c(O)c(C)c6c(c5c3O)C(=O)[C@@](C)(OCC[C@H](OC)[C@@H](C)[C@@H](OC(C)=O)[C@H](N)[C@H](O)[C@H](N)[C@@H](O)[C@@H](C)/C=C/CC(C)C(=O)N4)O6)C2)c(F)cc2c(=O)c(C(=O)O)cn(C3CC3)c12. The molecule has 2 unspecified atom stereocenters. The number of methoxy groups -OCH3 is 2. The Labute approximate surface area is 453 Å². The minimum absolute atomic E-state index is 0.0147. The number of carbonyl (C=O) groups is 4. The third-order valence-corrected chi connectivity index (χ3v) is 15.8. The number of benzene rings is 3. The van der Waals surface area contributed by atoms with Crippen LogP contribution in [0.25, 0.3) is 21.7 Å². The Morgan fingerprint density at radius 2 is 1.71 bits per heavy atom. The number of allylic oxidation sites excluding steroid dienone is 1. The van der Waals surface area contributed by atoms with Gasteiger partial charge in [-0.25, -0.2) is 9.18 Å². The van der Waals surface area contributed by atoms with Gasteiger partial charge in [0.25, 0.3) is 5.79 Å². The number of fused-ring (bicyclic) bond motifs is 17. The molecule has 5 heterocycles. The number of nitrogens with zero attached hydrogens (tertiary/aromatic N) is 3. The molecule has 24 heteroatoms. The van der Waals surface area contributed by atoms with Gasteiger partial charge in [-0.05, 0) is 51.5 Å². The van der Waals surface area contributed by atoms with Gasteiger partial charge in [-0.1, -0.05) is 32.9 Å². The molecule has 1 aromatic heterocycles. The van der Waals surface area contributed by atoms with E-state index in [0.29, 0.717) is 19.4 Å². The molecule has 23 nitrogen and oxygen atoms in total. The first-order valence-electron chi connectivity index (χ1n) is 26.3. The minimum Gasteiger partial charge on any atom is -0.507 e. The topological polar surface area (TPSA) is 350 Å². The monoisotopic (exact) mass is 1100 g/mol. The average Bonchev–Trinajstić information content (AvgIpc) is 4.46. The molecule has 79 heavy (non-hydrogen) atoms. The molecule has 1 amide bonds. The van der Waals surface area contributed by atoms with Gasteiger partial charge < -0.3 is 86.0 Å². The van der Waals surface area contributed by atoms with Gasteiger partial charge in [0, 0.05) is 75.0 Å². The Bertz CT molecular complexity index is 3200. The predicted molar refractivity (Wildman–Crippen MR) is 288 cm³/mol. The molecule has 9 rings (SSSR count). The number of carbonyl (C=O) groups excluding carboxylic acids is 3. The summed E-state index contributed by atoms with van der Waals surface area (Å²) in [5.74, 6) is -11.0. The molecule has 5 bridgehead atoms. The molecule has 11 atom stereocenters. The van der Waals surface area contributed by atoms with Crippen molar-refractivity contribution in [3.05, 3.63) is 62.7 Å². The van der Waals surface area contributed by atoms with Crippen LogP contribution in [0.1, 0.15) is 111 Å². The lowest BCUT2D eigenvalue weighted by molar-refractivity contribution is -0.159. The Hall–Kier alpha value is -7.09. The van der Waals surface area contributed by atoms with Gasteiger partial charge in [-0.15, -0.1) is 0 Å². The van der Waals surface area contributed by atoms with Crippen molar-refractivity contribution in [2.24, 2.45) is 34.3 Å². The summed E-state index contributed by atoms with van der Waals surface area (Å²) in [5, 5.41) is 75.2. The van der Waals surface area contributed by atoms with Crippen LogP contribution in [0.15, 0.2) is 34.3 Å². The average molecular weight is 1100 g/mol. The number of phenols is 3. The zero-order valence-corrected chi connectivity index (χ0v) is 45.2. The summed E-state index contributed by atoms with van der Waals surface area (Å²) in [6.45, 7) is 9.04. The zero-order chi connectivity index (χ0) is 57.7. The number of pyridine rings is 1. The maximum atomic E-state index is 16.4. The van der Waals surface area contributed by atoms with E-state index in [-0.39, 0.29) is 82.2 Å². The number of ketones is 1. The lowest BCUT2D eigenvalue weighted by atomic mass is 9.84. The number of rotatable bonds is 9. The van der Waals surface area contributed by atoms with E-state index >= 15 is 4.39 Å². The second-order valence-corrected chi connectivity index (χ2v) is 21.3. The molecule has 1 aliphatic carbocycles. The van der Waals surface area contributed by atoms with Crippen LogP contribution < -0.4 is 42.0 Å². The molecule has 3 aromatic carbocycles. The third-order valence-electron chi connectivity index (χ3n) is 15.8. The van der Waals surface area contributed by atoms with E-state index in [1.165, 1.54) is 41.2 Å². The van der Waals surface area contributed by atoms with E-state index in [1.54, 1.807) is 42.4 Å². The molecule has 12 N–H and O–H groups in total. The van der Waals surface area contributed by atoms with E-state index < -0.39 is 135 Å². The fraction of sp³-hybridized carbons (Fsp3) is 0.527. The van der Waals surface area contributed by atoms with Crippen LogP contribution in [-0.2, 0) is 23.8 Å². The summed E-state index contributed by atoms with van der Waals surface area (Å²) < 4.78 is 47.6. The number of aromatic hydroxyl groups is 3. The van der Waals surface area contributed by atoms with Crippen LogP contribution in [0.4, 0.5) is 15.8 Å². The summed E-state index contributed by atoms with van der Waals surface area (Å²) in [6, 6.07) is -2.27. The van der Waals surface area contributed by atoms with Gasteiger partial charge in [-0.2, -0.15) is 5.10 Å². The number of carboxylic acid groups (broad SMARTS) is 1. The molecular formula is C55H70FN7O16. The smallest absolute Gasteiger partial charge is 0.341 e. The molecule has 4 aliphatic heterocycles. The van der Waals surface area contributed by atoms with Crippen molar-refractivity contribution in [3.63, 3.8) is 0 Å². The highest BCUT2D eigenvalue weighted by atomic mass is 19.1. The number of aliphatic hydroxyl groups is 2. The van der Waals surface area contributed by atoms with Crippen molar-refractivity contribution in [3.8, 4) is 28.7 Å². The number of aliphatic hydroxyl groups excluding tert-OH is 2. The van der Waals surface area contributed by atoms with Crippen LogP contribution in [0.5, 0.6) is 28.7 Å². The number of hydrogen-bond donors (Lipinski definition) is 10. The lowest BCUT2D eigenvalue weighted by Gasteiger charge is -2.38. The number of ether oxygens (including phenoxy) is 5. The third kappa shape index (κ3) is 10.9. The summed E-state index contributed by atoms with van der Waals surface area (Å²) in [5.41, 5.74) is 14.0. The van der Waals surface area contributed by atoms with E-state index in [9.17, 15) is 54.6 Å². The Kier molecular flexibility index (Phi) is 16.9. The molecule has 4 aromatic rings. The number of piperidine rings is 1. The Morgan fingerprint density at radius 1 is 1.00 bits per heavy atom. The van der Waals surface area contributed by atoms with Crippen LogP contribution in [0.3, 0.4) is 0 Å². The second-order valence-electron chi connectivity index (χ2n) is 21.3. The van der Waals surface area contributed by atoms with E-state index in [4.69, 9.17) is 35.2 Å². The number of aromatic nitrogens is 1.